The highest BCUT2D eigenvalue weighted by molar-refractivity contribution is 7.89. The van der Waals surface area contributed by atoms with E-state index < -0.39 is 10.0 Å². The molecule has 4 atom stereocenters. The second-order valence-electron chi connectivity index (χ2n) is 10.00. The van der Waals surface area contributed by atoms with Crippen molar-refractivity contribution >= 4 is 21.6 Å². The summed E-state index contributed by atoms with van der Waals surface area (Å²) in [7, 11) is -3.71. The van der Waals surface area contributed by atoms with Crippen LogP contribution in [-0.2, 0) is 10.0 Å². The zero-order valence-corrected chi connectivity index (χ0v) is 20.3. The fourth-order valence-corrected chi connectivity index (χ4v) is 7.56. The van der Waals surface area contributed by atoms with Gasteiger partial charge in [-0.15, -0.1) is 0 Å². The number of amides is 1. The van der Waals surface area contributed by atoms with Gasteiger partial charge in [-0.3, -0.25) is 4.79 Å². The number of hydrogen-bond acceptors (Lipinski definition) is 4. The number of sulfonamides is 1. The molecule has 2 aromatic carbocycles. The molecule has 2 saturated carbocycles. The number of piperazine rings is 1. The van der Waals surface area contributed by atoms with Crippen molar-refractivity contribution in [2.24, 2.45) is 17.8 Å². The molecule has 8 heteroatoms. The minimum Gasteiger partial charge on any atom is -0.369 e. The van der Waals surface area contributed by atoms with E-state index in [4.69, 9.17) is 0 Å². The normalized spacial score (nSPS) is 25.9. The number of anilines is 1. The molecule has 2 aromatic rings. The van der Waals surface area contributed by atoms with Crippen molar-refractivity contribution in [1.29, 1.82) is 0 Å². The Morgan fingerprint density at radius 2 is 1.76 bits per heavy atom. The Balaban J connectivity index is 1.23. The molecule has 1 amide bonds. The molecule has 0 aromatic heterocycles. The quantitative estimate of drug-likeness (QED) is 0.674. The average molecular weight is 486 g/mol. The van der Waals surface area contributed by atoms with Crippen LogP contribution in [0, 0.1) is 23.6 Å². The number of carbonyl (C=O) groups excluding carboxylic acids is 1. The summed E-state index contributed by atoms with van der Waals surface area (Å²) in [6.45, 7) is 3.78. The maximum absolute atomic E-state index is 13.3. The first-order valence-electron chi connectivity index (χ1n) is 12.2. The molecule has 4 unspecified atom stereocenters. The van der Waals surface area contributed by atoms with Gasteiger partial charge in [0.25, 0.3) is 5.91 Å². The average Bonchev–Trinajstić information content (AvgIpc) is 3.49. The third kappa shape index (κ3) is 4.58. The molecule has 1 saturated heterocycles. The molecule has 6 nitrogen and oxygen atoms in total. The Labute approximate surface area is 201 Å². The summed E-state index contributed by atoms with van der Waals surface area (Å²) in [5.41, 5.74) is 1.25. The predicted molar refractivity (Wildman–Crippen MR) is 130 cm³/mol. The standard InChI is InChI=1S/C26H32FN3O3S/c1-18(25-16-19-5-6-20(25)15-19)28-26(31)21-3-2-4-24(17-21)34(32,33)30-13-11-29(12-14-30)23-9-7-22(27)8-10-23/h2-4,7-10,17-20,25H,5-6,11-16H2,1H3,(H,28,31). The molecule has 2 bridgehead atoms. The van der Waals surface area contributed by atoms with E-state index in [1.54, 1.807) is 30.3 Å². The van der Waals surface area contributed by atoms with Crippen LogP contribution in [0.4, 0.5) is 10.1 Å². The molecule has 2 aliphatic carbocycles. The molecule has 3 aliphatic rings. The van der Waals surface area contributed by atoms with Crippen LogP contribution in [0.3, 0.4) is 0 Å². The van der Waals surface area contributed by atoms with E-state index in [-0.39, 0.29) is 22.7 Å². The second-order valence-corrected chi connectivity index (χ2v) is 11.9. The molecule has 1 aliphatic heterocycles. The van der Waals surface area contributed by atoms with Crippen LogP contribution < -0.4 is 10.2 Å². The number of rotatable bonds is 6. The molecule has 182 valence electrons. The highest BCUT2D eigenvalue weighted by Crippen LogP contribution is 2.49. The summed E-state index contributed by atoms with van der Waals surface area (Å²) in [6.07, 6.45) is 5.05. The summed E-state index contributed by atoms with van der Waals surface area (Å²) < 4.78 is 41.2. The van der Waals surface area contributed by atoms with E-state index in [1.807, 2.05) is 4.90 Å². The zero-order valence-electron chi connectivity index (χ0n) is 19.5. The minimum atomic E-state index is -3.71. The van der Waals surface area contributed by atoms with E-state index in [1.165, 1.54) is 48.2 Å². The van der Waals surface area contributed by atoms with E-state index >= 15 is 0 Å². The van der Waals surface area contributed by atoms with Crippen LogP contribution in [0.1, 0.15) is 43.0 Å². The molecule has 1 N–H and O–H groups in total. The first kappa shape index (κ1) is 23.3. The monoisotopic (exact) mass is 485 g/mol. The van der Waals surface area contributed by atoms with Crippen molar-refractivity contribution in [2.75, 3.05) is 31.1 Å². The fraction of sp³-hybridized carbons (Fsp3) is 0.500. The van der Waals surface area contributed by atoms with Crippen molar-refractivity contribution in [2.45, 2.75) is 43.5 Å². The van der Waals surface area contributed by atoms with Gasteiger partial charge in [0.2, 0.25) is 10.0 Å². The summed E-state index contributed by atoms with van der Waals surface area (Å²) in [5.74, 6) is 1.53. The van der Waals surface area contributed by atoms with Gasteiger partial charge >= 0.3 is 0 Å². The van der Waals surface area contributed by atoms with Gasteiger partial charge in [-0.05, 0) is 86.4 Å². The summed E-state index contributed by atoms with van der Waals surface area (Å²) in [6, 6.07) is 12.7. The van der Waals surface area contributed by atoms with Crippen LogP contribution in [-0.4, -0.2) is 50.9 Å². The maximum Gasteiger partial charge on any atom is 0.251 e. The van der Waals surface area contributed by atoms with Gasteiger partial charge < -0.3 is 10.2 Å². The minimum absolute atomic E-state index is 0.0857. The smallest absolute Gasteiger partial charge is 0.251 e. The second kappa shape index (κ2) is 9.30. The van der Waals surface area contributed by atoms with Crippen LogP contribution in [0.15, 0.2) is 53.4 Å². The summed E-state index contributed by atoms with van der Waals surface area (Å²) in [5, 5.41) is 3.13. The lowest BCUT2D eigenvalue weighted by molar-refractivity contribution is 0.0915. The summed E-state index contributed by atoms with van der Waals surface area (Å²) in [4.78, 5) is 15.1. The largest absolute Gasteiger partial charge is 0.369 e. The Bertz CT molecular complexity index is 1150. The molecular weight excluding hydrogens is 453 g/mol. The first-order valence-corrected chi connectivity index (χ1v) is 13.7. The molecular formula is C26H32FN3O3S. The Morgan fingerprint density at radius 1 is 1.03 bits per heavy atom. The Kier molecular flexibility index (Phi) is 6.37. The maximum atomic E-state index is 13.3. The van der Waals surface area contributed by atoms with Gasteiger partial charge in [0.15, 0.2) is 0 Å². The van der Waals surface area contributed by atoms with Gasteiger partial charge in [-0.25, -0.2) is 12.8 Å². The fourth-order valence-electron chi connectivity index (χ4n) is 6.09. The first-order chi connectivity index (χ1) is 16.3. The molecule has 3 fully saturated rings. The molecule has 5 rings (SSSR count). The van der Waals surface area contributed by atoms with Crippen LogP contribution in [0.2, 0.25) is 0 Å². The van der Waals surface area contributed by atoms with Crippen molar-refractivity contribution < 1.29 is 17.6 Å². The number of nitrogens with zero attached hydrogens (tertiary/aromatic N) is 2. The van der Waals surface area contributed by atoms with Gasteiger partial charge in [0, 0.05) is 43.5 Å². The topological polar surface area (TPSA) is 69.7 Å². The Morgan fingerprint density at radius 3 is 2.41 bits per heavy atom. The molecule has 0 radical (unpaired) electrons. The number of nitrogens with one attached hydrogen (secondary N) is 1. The highest BCUT2D eigenvalue weighted by Gasteiger charge is 2.42. The third-order valence-corrected chi connectivity index (χ3v) is 9.85. The predicted octanol–water partition coefficient (Wildman–Crippen LogP) is 3.89. The summed E-state index contributed by atoms with van der Waals surface area (Å²) >= 11 is 0. The number of benzene rings is 2. The lowest BCUT2D eigenvalue weighted by Crippen LogP contribution is -2.48. The van der Waals surface area contributed by atoms with Crippen LogP contribution >= 0.6 is 0 Å². The van der Waals surface area contributed by atoms with E-state index in [0.717, 1.165) is 11.6 Å². The molecule has 0 spiro atoms. The van der Waals surface area contributed by atoms with Crippen molar-refractivity contribution in [1.82, 2.24) is 9.62 Å². The van der Waals surface area contributed by atoms with E-state index in [2.05, 4.69) is 12.2 Å². The van der Waals surface area contributed by atoms with Crippen molar-refractivity contribution in [3.63, 3.8) is 0 Å². The van der Waals surface area contributed by atoms with Gasteiger partial charge in [-0.1, -0.05) is 12.5 Å². The molecule has 34 heavy (non-hydrogen) atoms. The van der Waals surface area contributed by atoms with E-state index in [0.29, 0.717) is 43.6 Å². The number of carbonyl (C=O) groups is 1. The Hall–Kier alpha value is -2.45. The van der Waals surface area contributed by atoms with Crippen molar-refractivity contribution in [3.8, 4) is 0 Å². The van der Waals surface area contributed by atoms with Crippen molar-refractivity contribution in [3.05, 3.63) is 59.9 Å². The lowest BCUT2D eigenvalue weighted by atomic mass is 9.84. The van der Waals surface area contributed by atoms with Gasteiger partial charge in [0.1, 0.15) is 5.82 Å². The van der Waals surface area contributed by atoms with Gasteiger partial charge in [-0.2, -0.15) is 4.31 Å². The number of hydrogen-bond donors (Lipinski definition) is 1. The van der Waals surface area contributed by atoms with E-state index in [9.17, 15) is 17.6 Å². The lowest BCUT2D eigenvalue weighted by Gasteiger charge is -2.35. The number of fused-ring (bicyclic) bond motifs is 2. The van der Waals surface area contributed by atoms with Crippen LogP contribution in [0.25, 0.3) is 0 Å². The molecule has 1 heterocycles. The highest BCUT2D eigenvalue weighted by atomic mass is 32.2. The van der Waals surface area contributed by atoms with Crippen LogP contribution in [0.5, 0.6) is 0 Å². The SMILES string of the molecule is CC(NC(=O)c1cccc(S(=O)(=O)N2CCN(c3ccc(F)cc3)CC2)c1)C1CC2CCC1C2. The van der Waals surface area contributed by atoms with Gasteiger partial charge in [0.05, 0.1) is 4.90 Å². The zero-order chi connectivity index (χ0) is 23.9. The number of halogens is 1. The third-order valence-electron chi connectivity index (χ3n) is 7.96.